The first kappa shape index (κ1) is 42.5. The van der Waals surface area contributed by atoms with Crippen molar-refractivity contribution in [3.63, 3.8) is 0 Å². The number of methoxy groups -OCH3 is 1. The molecule has 55 heavy (non-hydrogen) atoms. The number of esters is 1. The Morgan fingerprint density at radius 2 is 1.49 bits per heavy atom. The van der Waals surface area contributed by atoms with Gasteiger partial charge in [-0.15, -0.1) is 0 Å². The number of carbonyl (C=O) groups excluding carboxylic acids is 7. The van der Waals surface area contributed by atoms with Gasteiger partial charge < -0.3 is 35.6 Å². The van der Waals surface area contributed by atoms with Crippen LogP contribution in [0, 0.1) is 5.92 Å². The summed E-state index contributed by atoms with van der Waals surface area (Å²) >= 11 is 0. The van der Waals surface area contributed by atoms with Gasteiger partial charge in [-0.25, -0.2) is 9.59 Å². The Balaban J connectivity index is 1.50. The predicted octanol–water partition coefficient (Wildman–Crippen LogP) is 3.85. The molecule has 1 aliphatic carbocycles. The summed E-state index contributed by atoms with van der Waals surface area (Å²) in [6.07, 6.45) is 4.40. The Labute approximate surface area is 322 Å². The van der Waals surface area contributed by atoms with Crippen molar-refractivity contribution < 1.29 is 43.0 Å². The minimum atomic E-state index is -1.24. The SMILES string of the molecule is CCCC(NC(=O)C1C[C@@H](c2ccccc2)CN1C(=O)[C@@H](NC(=O)OC(C)(C)C)C1CCCCC1)C(=O)C(=O)NCC(=O)N[C@H](C(=O)OC)c1ccccc1. The molecule has 298 valence electrons. The first-order chi connectivity index (χ1) is 26.2. The lowest BCUT2D eigenvalue weighted by Gasteiger charge is -2.35. The Hall–Kier alpha value is -5.27. The van der Waals surface area contributed by atoms with Crippen LogP contribution in [-0.4, -0.2) is 90.3 Å². The quantitative estimate of drug-likeness (QED) is 0.154. The number of nitrogens with one attached hydrogen (secondary N) is 4. The van der Waals surface area contributed by atoms with Crippen LogP contribution in [0.3, 0.4) is 0 Å². The zero-order chi connectivity index (χ0) is 40.1. The van der Waals surface area contributed by atoms with Gasteiger partial charge in [0.1, 0.15) is 17.7 Å². The summed E-state index contributed by atoms with van der Waals surface area (Å²) < 4.78 is 10.3. The maximum absolute atomic E-state index is 14.5. The summed E-state index contributed by atoms with van der Waals surface area (Å²) in [6.45, 7) is 6.61. The predicted molar refractivity (Wildman–Crippen MR) is 203 cm³/mol. The van der Waals surface area contributed by atoms with Crippen LogP contribution in [0.2, 0.25) is 0 Å². The molecule has 2 aromatic rings. The van der Waals surface area contributed by atoms with E-state index in [1.54, 1.807) is 58.0 Å². The van der Waals surface area contributed by atoms with E-state index in [0.29, 0.717) is 12.0 Å². The van der Waals surface area contributed by atoms with E-state index in [0.717, 1.165) is 37.7 Å². The number of Topliss-reactive ketones (excluding diaryl/α,β-unsaturated/α-hetero) is 1. The highest BCUT2D eigenvalue weighted by Gasteiger charge is 2.45. The van der Waals surface area contributed by atoms with Gasteiger partial charge >= 0.3 is 12.1 Å². The van der Waals surface area contributed by atoms with Gasteiger partial charge in [0.15, 0.2) is 6.04 Å². The van der Waals surface area contributed by atoms with Crippen LogP contribution in [0.25, 0.3) is 0 Å². The van der Waals surface area contributed by atoms with Gasteiger partial charge in [0.2, 0.25) is 23.5 Å². The number of ketones is 1. The molecule has 1 saturated carbocycles. The molecule has 5 amide bonds. The second-order valence-electron chi connectivity index (χ2n) is 15.2. The molecule has 2 aromatic carbocycles. The fourth-order valence-electron chi connectivity index (χ4n) is 7.24. The van der Waals surface area contributed by atoms with Gasteiger partial charge in [-0.05, 0) is 63.5 Å². The highest BCUT2D eigenvalue weighted by molar-refractivity contribution is 6.38. The van der Waals surface area contributed by atoms with Crippen molar-refractivity contribution in [1.29, 1.82) is 0 Å². The Morgan fingerprint density at radius 3 is 2.09 bits per heavy atom. The average Bonchev–Trinajstić information content (AvgIpc) is 3.63. The van der Waals surface area contributed by atoms with Gasteiger partial charge in [-0.3, -0.25) is 24.0 Å². The van der Waals surface area contributed by atoms with Crippen LogP contribution in [0.15, 0.2) is 60.7 Å². The molecule has 1 heterocycles. The molecule has 0 aromatic heterocycles. The van der Waals surface area contributed by atoms with Crippen molar-refractivity contribution in [2.45, 2.75) is 115 Å². The number of amides is 5. The number of ether oxygens (including phenoxy) is 2. The lowest BCUT2D eigenvalue weighted by Crippen LogP contribution is -2.58. The molecule has 2 unspecified atom stereocenters. The molecule has 2 aliphatic rings. The molecule has 0 radical (unpaired) electrons. The van der Waals surface area contributed by atoms with E-state index in [-0.39, 0.29) is 31.2 Å². The summed E-state index contributed by atoms with van der Waals surface area (Å²) in [7, 11) is 1.19. The third kappa shape index (κ3) is 12.1. The molecule has 14 heteroatoms. The van der Waals surface area contributed by atoms with Crippen LogP contribution in [0.4, 0.5) is 4.79 Å². The van der Waals surface area contributed by atoms with E-state index < -0.39 is 77.8 Å². The largest absolute Gasteiger partial charge is 0.467 e. The van der Waals surface area contributed by atoms with Crippen LogP contribution in [0.5, 0.6) is 0 Å². The second-order valence-corrected chi connectivity index (χ2v) is 15.2. The van der Waals surface area contributed by atoms with Crippen molar-refractivity contribution in [1.82, 2.24) is 26.2 Å². The van der Waals surface area contributed by atoms with Gasteiger partial charge in [0, 0.05) is 12.5 Å². The van der Waals surface area contributed by atoms with Crippen molar-refractivity contribution >= 4 is 41.5 Å². The minimum absolute atomic E-state index is 0.121. The molecule has 1 aliphatic heterocycles. The number of rotatable bonds is 15. The van der Waals surface area contributed by atoms with Crippen molar-refractivity contribution in [2.75, 3.05) is 20.2 Å². The van der Waals surface area contributed by atoms with E-state index >= 15 is 0 Å². The third-order valence-corrected chi connectivity index (χ3v) is 9.94. The fraction of sp³-hybridized carbons (Fsp3) is 0.537. The standard InChI is InChI=1S/C41H55N5O9/c1-6-16-30(35(48)37(50)42-24-32(47)44-34(39(52)54-5)28-21-14-9-15-22-28)43-36(49)31-23-29(26-17-10-7-11-18-26)25-46(31)38(51)33(27-19-12-8-13-20-27)45-40(53)55-41(2,3)4/h7,9-11,14-15,17-18,21-22,27,29-31,33-34H,6,8,12-13,16,19-20,23-25H2,1-5H3,(H,42,50)(H,43,49)(H,44,47)(H,45,53)/t29-,30?,31?,33+,34+/m1/s1. The van der Waals surface area contributed by atoms with Gasteiger partial charge in [-0.2, -0.15) is 0 Å². The van der Waals surface area contributed by atoms with E-state index in [1.807, 2.05) is 30.3 Å². The summed E-state index contributed by atoms with van der Waals surface area (Å²) in [6, 6.07) is 13.6. The number of nitrogens with zero attached hydrogens (tertiary/aromatic N) is 1. The summed E-state index contributed by atoms with van der Waals surface area (Å²) in [5.74, 6) is -4.88. The summed E-state index contributed by atoms with van der Waals surface area (Å²) in [5.41, 5.74) is 0.615. The van der Waals surface area contributed by atoms with E-state index in [4.69, 9.17) is 9.47 Å². The molecule has 1 saturated heterocycles. The van der Waals surface area contributed by atoms with Crippen LogP contribution >= 0.6 is 0 Å². The highest BCUT2D eigenvalue weighted by atomic mass is 16.6. The Kier molecular flexibility index (Phi) is 15.4. The number of alkyl carbamates (subject to hydrolysis) is 1. The second kappa shape index (κ2) is 19.9. The lowest BCUT2D eigenvalue weighted by molar-refractivity contribution is -0.145. The van der Waals surface area contributed by atoms with Crippen molar-refractivity contribution in [2.24, 2.45) is 5.92 Å². The molecular weight excluding hydrogens is 706 g/mol. The van der Waals surface area contributed by atoms with Crippen LogP contribution < -0.4 is 21.3 Å². The van der Waals surface area contributed by atoms with Gasteiger partial charge in [0.05, 0.1) is 19.7 Å². The summed E-state index contributed by atoms with van der Waals surface area (Å²) in [5, 5.41) is 10.4. The number of benzene rings is 2. The molecule has 0 spiro atoms. The zero-order valence-electron chi connectivity index (χ0n) is 32.4. The van der Waals surface area contributed by atoms with Gasteiger partial charge in [-0.1, -0.05) is 93.3 Å². The Bertz CT molecular complexity index is 1660. The number of carbonyl (C=O) groups is 7. The average molecular weight is 762 g/mol. The number of likely N-dealkylation sites (tertiary alicyclic amines) is 1. The fourth-order valence-corrected chi connectivity index (χ4v) is 7.24. The van der Waals surface area contributed by atoms with E-state index in [2.05, 4.69) is 21.3 Å². The van der Waals surface area contributed by atoms with Crippen molar-refractivity contribution in [3.05, 3.63) is 71.8 Å². The topological polar surface area (TPSA) is 189 Å². The first-order valence-corrected chi connectivity index (χ1v) is 19.1. The smallest absolute Gasteiger partial charge is 0.408 e. The van der Waals surface area contributed by atoms with Crippen LogP contribution in [-0.2, 0) is 38.2 Å². The Morgan fingerprint density at radius 1 is 0.855 bits per heavy atom. The van der Waals surface area contributed by atoms with E-state index in [1.165, 1.54) is 12.0 Å². The minimum Gasteiger partial charge on any atom is -0.467 e. The number of hydrogen-bond donors (Lipinski definition) is 4. The van der Waals surface area contributed by atoms with E-state index in [9.17, 15) is 33.6 Å². The monoisotopic (exact) mass is 761 g/mol. The zero-order valence-corrected chi connectivity index (χ0v) is 32.4. The molecule has 2 fully saturated rings. The maximum Gasteiger partial charge on any atom is 0.408 e. The molecule has 5 atom stereocenters. The lowest BCUT2D eigenvalue weighted by atomic mass is 9.83. The molecule has 0 bridgehead atoms. The normalized spacial score (nSPS) is 18.9. The van der Waals surface area contributed by atoms with Gasteiger partial charge in [0.25, 0.3) is 5.91 Å². The molecule has 4 rings (SSSR count). The first-order valence-electron chi connectivity index (χ1n) is 19.1. The van der Waals surface area contributed by atoms with Crippen molar-refractivity contribution in [3.8, 4) is 0 Å². The highest BCUT2D eigenvalue weighted by Crippen LogP contribution is 2.35. The maximum atomic E-state index is 14.5. The summed E-state index contributed by atoms with van der Waals surface area (Å²) in [4.78, 5) is 95.0. The van der Waals surface area contributed by atoms with Crippen LogP contribution in [0.1, 0.15) is 102 Å². The molecular formula is C41H55N5O9. The molecule has 14 nitrogen and oxygen atoms in total. The third-order valence-electron chi connectivity index (χ3n) is 9.94. The number of hydrogen-bond acceptors (Lipinski definition) is 9. The molecule has 4 N–H and O–H groups in total.